The Kier molecular flexibility index (Phi) is 3.62. The fourth-order valence-corrected chi connectivity index (χ4v) is 1.61. The second-order valence-corrected chi connectivity index (χ2v) is 4.33. The number of rotatable bonds is 4. The number of nitrogens with zero attached hydrogens (tertiary/aromatic N) is 1. The molecule has 5 nitrogen and oxygen atoms in total. The molecule has 0 aliphatic rings. The molecule has 0 saturated carbocycles. The smallest absolute Gasteiger partial charge is 0.269 e. The summed E-state index contributed by atoms with van der Waals surface area (Å²) >= 11 is 0. The lowest BCUT2D eigenvalue weighted by Crippen LogP contribution is -2.37. The van der Waals surface area contributed by atoms with E-state index in [-0.39, 0.29) is 11.6 Å². The summed E-state index contributed by atoms with van der Waals surface area (Å²) in [5.74, 6) is 0.241. The van der Waals surface area contributed by atoms with Crippen molar-refractivity contribution in [3.63, 3.8) is 0 Å². The second-order valence-electron chi connectivity index (χ2n) is 4.33. The van der Waals surface area contributed by atoms with Crippen LogP contribution >= 0.6 is 0 Å². The Balaban J connectivity index is 2.92. The van der Waals surface area contributed by atoms with Crippen LogP contribution in [-0.2, 0) is 5.72 Å². The summed E-state index contributed by atoms with van der Waals surface area (Å²) in [6.07, 6.45) is 0.408. The number of hydrogen-bond donors (Lipinski definition) is 2. The largest absolute Gasteiger partial charge is 0.372 e. The third kappa shape index (κ3) is 3.01. The number of aliphatic hydroxyl groups is 1. The Morgan fingerprint density at radius 1 is 1.44 bits per heavy atom. The summed E-state index contributed by atoms with van der Waals surface area (Å²) in [5.41, 5.74) is 4.81. The number of nitro groups is 1. The molecular weight excluding hydrogens is 208 g/mol. The van der Waals surface area contributed by atoms with E-state index in [1.165, 1.54) is 24.3 Å². The van der Waals surface area contributed by atoms with E-state index in [2.05, 4.69) is 0 Å². The minimum absolute atomic E-state index is 0.0101. The van der Waals surface area contributed by atoms with E-state index in [4.69, 9.17) is 5.73 Å². The Hall–Kier alpha value is -1.46. The van der Waals surface area contributed by atoms with Gasteiger partial charge in [0.15, 0.2) is 0 Å². The van der Waals surface area contributed by atoms with Gasteiger partial charge < -0.3 is 5.11 Å². The molecule has 0 spiro atoms. The van der Waals surface area contributed by atoms with Crippen LogP contribution in [0.5, 0.6) is 0 Å². The number of benzene rings is 1. The molecule has 5 heteroatoms. The molecule has 3 N–H and O–H groups in total. The van der Waals surface area contributed by atoms with Gasteiger partial charge in [-0.1, -0.05) is 13.8 Å². The zero-order valence-corrected chi connectivity index (χ0v) is 9.38. The predicted octanol–water partition coefficient (Wildman–Crippen LogP) is 1.74. The van der Waals surface area contributed by atoms with Crippen molar-refractivity contribution in [1.82, 2.24) is 0 Å². The predicted molar refractivity (Wildman–Crippen MR) is 60.6 cm³/mol. The molecule has 1 unspecified atom stereocenters. The van der Waals surface area contributed by atoms with Crippen LogP contribution < -0.4 is 5.73 Å². The van der Waals surface area contributed by atoms with E-state index in [9.17, 15) is 15.2 Å². The van der Waals surface area contributed by atoms with Crippen molar-refractivity contribution in [2.24, 2.45) is 11.7 Å². The SMILES string of the molecule is CC(C)CC(N)(O)c1ccc([N+](=O)[O-])cc1. The summed E-state index contributed by atoms with van der Waals surface area (Å²) in [7, 11) is 0. The lowest BCUT2D eigenvalue weighted by Gasteiger charge is -2.25. The van der Waals surface area contributed by atoms with Gasteiger partial charge in [-0.25, -0.2) is 0 Å². The van der Waals surface area contributed by atoms with Crippen LogP contribution in [0.4, 0.5) is 5.69 Å². The number of non-ortho nitro benzene ring substituents is 1. The lowest BCUT2D eigenvalue weighted by atomic mass is 9.94. The number of nitrogens with two attached hydrogens (primary N) is 1. The van der Waals surface area contributed by atoms with E-state index >= 15 is 0 Å². The normalized spacial score (nSPS) is 14.8. The monoisotopic (exact) mass is 224 g/mol. The molecule has 0 amide bonds. The van der Waals surface area contributed by atoms with Gasteiger partial charge in [0.1, 0.15) is 5.72 Å². The molecule has 88 valence electrons. The van der Waals surface area contributed by atoms with Crippen LogP contribution in [-0.4, -0.2) is 10.0 Å². The first-order chi connectivity index (χ1) is 7.33. The summed E-state index contributed by atoms with van der Waals surface area (Å²) in [6.45, 7) is 3.90. The van der Waals surface area contributed by atoms with Gasteiger partial charge in [0, 0.05) is 12.1 Å². The van der Waals surface area contributed by atoms with Gasteiger partial charge in [0.05, 0.1) is 4.92 Å². The fraction of sp³-hybridized carbons (Fsp3) is 0.455. The average Bonchev–Trinajstić information content (AvgIpc) is 2.16. The molecule has 0 aromatic heterocycles. The minimum Gasteiger partial charge on any atom is -0.372 e. The van der Waals surface area contributed by atoms with E-state index in [0.29, 0.717) is 12.0 Å². The van der Waals surface area contributed by atoms with Crippen molar-refractivity contribution < 1.29 is 10.0 Å². The first-order valence-corrected chi connectivity index (χ1v) is 5.09. The summed E-state index contributed by atoms with van der Waals surface area (Å²) in [6, 6.07) is 5.65. The Morgan fingerprint density at radius 2 is 1.94 bits per heavy atom. The Bertz CT molecular complexity index is 371. The molecule has 1 aromatic carbocycles. The summed E-state index contributed by atoms with van der Waals surface area (Å²) in [5, 5.41) is 20.4. The highest BCUT2D eigenvalue weighted by atomic mass is 16.6. The highest BCUT2D eigenvalue weighted by Gasteiger charge is 2.25. The van der Waals surface area contributed by atoms with E-state index in [1.807, 2.05) is 13.8 Å². The third-order valence-corrected chi connectivity index (χ3v) is 2.30. The molecule has 0 heterocycles. The third-order valence-electron chi connectivity index (χ3n) is 2.30. The van der Waals surface area contributed by atoms with Gasteiger partial charge in [-0.3, -0.25) is 15.8 Å². The highest BCUT2D eigenvalue weighted by molar-refractivity contribution is 5.35. The first-order valence-electron chi connectivity index (χ1n) is 5.09. The molecule has 16 heavy (non-hydrogen) atoms. The molecule has 0 saturated heterocycles. The molecule has 1 rings (SSSR count). The van der Waals surface area contributed by atoms with Gasteiger partial charge in [0.25, 0.3) is 5.69 Å². The fourth-order valence-electron chi connectivity index (χ4n) is 1.61. The van der Waals surface area contributed by atoms with Crippen LogP contribution in [0.25, 0.3) is 0 Å². The topological polar surface area (TPSA) is 89.4 Å². The van der Waals surface area contributed by atoms with Crippen LogP contribution in [0.3, 0.4) is 0 Å². The van der Waals surface area contributed by atoms with Crippen molar-refractivity contribution in [3.05, 3.63) is 39.9 Å². The number of nitro benzene ring substituents is 1. The molecule has 0 aliphatic heterocycles. The van der Waals surface area contributed by atoms with Gasteiger partial charge in [-0.15, -0.1) is 0 Å². The first kappa shape index (κ1) is 12.6. The molecule has 0 bridgehead atoms. The van der Waals surface area contributed by atoms with Crippen LogP contribution in [0.1, 0.15) is 25.8 Å². The maximum atomic E-state index is 10.5. The molecule has 1 atom stereocenters. The summed E-state index contributed by atoms with van der Waals surface area (Å²) < 4.78 is 0. The molecule has 0 radical (unpaired) electrons. The number of hydrogen-bond acceptors (Lipinski definition) is 4. The van der Waals surface area contributed by atoms with Crippen LogP contribution in [0, 0.1) is 16.0 Å². The van der Waals surface area contributed by atoms with Crippen molar-refractivity contribution in [3.8, 4) is 0 Å². The van der Waals surface area contributed by atoms with Crippen molar-refractivity contribution in [1.29, 1.82) is 0 Å². The zero-order chi connectivity index (χ0) is 12.3. The van der Waals surface area contributed by atoms with Gasteiger partial charge >= 0.3 is 0 Å². The molecule has 1 aromatic rings. The standard InChI is InChI=1S/C11H16N2O3/c1-8(2)7-11(12,14)9-3-5-10(6-4-9)13(15)16/h3-6,8,14H,7,12H2,1-2H3. The van der Waals surface area contributed by atoms with Gasteiger partial charge in [0.2, 0.25) is 0 Å². The molecular formula is C11H16N2O3. The minimum atomic E-state index is -1.43. The lowest BCUT2D eigenvalue weighted by molar-refractivity contribution is -0.384. The Labute approximate surface area is 94.0 Å². The van der Waals surface area contributed by atoms with E-state index in [1.54, 1.807) is 0 Å². The molecule has 0 aliphatic carbocycles. The highest BCUT2D eigenvalue weighted by Crippen LogP contribution is 2.24. The quantitative estimate of drug-likeness (QED) is 0.463. The maximum Gasteiger partial charge on any atom is 0.269 e. The maximum absolute atomic E-state index is 10.5. The van der Waals surface area contributed by atoms with Crippen LogP contribution in [0.15, 0.2) is 24.3 Å². The van der Waals surface area contributed by atoms with Crippen molar-refractivity contribution in [2.45, 2.75) is 26.0 Å². The van der Waals surface area contributed by atoms with Crippen molar-refractivity contribution >= 4 is 5.69 Å². The average molecular weight is 224 g/mol. The van der Waals surface area contributed by atoms with Crippen molar-refractivity contribution in [2.75, 3.05) is 0 Å². The van der Waals surface area contributed by atoms with Gasteiger partial charge in [-0.05, 0) is 30.0 Å². The second kappa shape index (κ2) is 4.59. The zero-order valence-electron chi connectivity index (χ0n) is 9.38. The van der Waals surface area contributed by atoms with Crippen LogP contribution in [0.2, 0.25) is 0 Å². The summed E-state index contributed by atoms with van der Waals surface area (Å²) in [4.78, 5) is 9.97. The molecule has 0 fully saturated rings. The van der Waals surface area contributed by atoms with Gasteiger partial charge in [-0.2, -0.15) is 0 Å². The Morgan fingerprint density at radius 3 is 2.31 bits per heavy atom. The van der Waals surface area contributed by atoms with E-state index in [0.717, 1.165) is 0 Å². The van der Waals surface area contributed by atoms with E-state index < -0.39 is 10.6 Å².